The van der Waals surface area contributed by atoms with Crippen molar-refractivity contribution in [2.75, 3.05) is 0 Å². The SMILES string of the molecule is NS(=O)(=O)OSS. The van der Waals surface area contributed by atoms with Crippen LogP contribution in [-0.2, 0) is 13.9 Å². The average Bonchev–Trinajstić information content (AvgIpc) is 1.30. The summed E-state index contributed by atoms with van der Waals surface area (Å²) in [5.41, 5.74) is 0. The van der Waals surface area contributed by atoms with Gasteiger partial charge in [0.2, 0.25) is 0 Å². The second-order valence-electron chi connectivity index (χ2n) is 0.635. The average molecular weight is 161 g/mol. The molecule has 0 atom stereocenters. The first kappa shape index (κ1) is 7.57. The molecule has 0 spiro atoms. The molecule has 7 heteroatoms. The minimum Gasteiger partial charge on any atom is -0.205 e. The molecular formula is H3NO3S3. The van der Waals surface area contributed by atoms with E-state index in [4.69, 9.17) is 0 Å². The molecule has 0 radical (unpaired) electrons. The molecule has 0 amide bonds. The maximum absolute atomic E-state index is 9.72. The normalized spacial score (nSPS) is 11.7. The lowest BCUT2D eigenvalue weighted by Gasteiger charge is -1.87. The van der Waals surface area contributed by atoms with Crippen LogP contribution in [0.5, 0.6) is 0 Å². The van der Waals surface area contributed by atoms with Gasteiger partial charge in [0.15, 0.2) is 0 Å². The summed E-state index contributed by atoms with van der Waals surface area (Å²) >= 11 is 3.74. The first-order chi connectivity index (χ1) is 3.06. The van der Waals surface area contributed by atoms with Gasteiger partial charge in [-0.3, -0.25) is 0 Å². The van der Waals surface area contributed by atoms with Crippen LogP contribution in [0, 0.1) is 0 Å². The Balaban J connectivity index is 3.60. The van der Waals surface area contributed by atoms with Gasteiger partial charge in [-0.2, -0.15) is 12.0 Å². The zero-order chi connectivity index (χ0) is 5.91. The van der Waals surface area contributed by atoms with Crippen LogP contribution in [0.3, 0.4) is 0 Å². The fourth-order valence-electron chi connectivity index (χ4n) is 0.0424. The minimum absolute atomic E-state index is 0.390. The number of hydrogen-bond acceptors (Lipinski definition) is 5. The van der Waals surface area contributed by atoms with E-state index >= 15 is 0 Å². The van der Waals surface area contributed by atoms with Gasteiger partial charge in [0.25, 0.3) is 0 Å². The van der Waals surface area contributed by atoms with Crippen molar-refractivity contribution < 1.29 is 12.0 Å². The van der Waals surface area contributed by atoms with E-state index in [1.54, 1.807) is 0 Å². The Morgan fingerprint density at radius 2 is 2.14 bits per heavy atom. The topological polar surface area (TPSA) is 69.4 Å². The molecule has 0 saturated heterocycles. The van der Waals surface area contributed by atoms with Gasteiger partial charge in [-0.05, 0) is 0 Å². The van der Waals surface area contributed by atoms with Crippen LogP contribution >= 0.6 is 22.7 Å². The number of hydrogen-bond donors (Lipinski definition) is 2. The molecule has 4 nitrogen and oxygen atoms in total. The molecule has 2 N–H and O–H groups in total. The Morgan fingerprint density at radius 1 is 1.71 bits per heavy atom. The highest BCUT2D eigenvalue weighted by atomic mass is 33.1. The van der Waals surface area contributed by atoms with E-state index in [9.17, 15) is 8.42 Å². The fraction of sp³-hybridized carbons (Fsp3) is 0. The van der Waals surface area contributed by atoms with Crippen LogP contribution in [0.25, 0.3) is 0 Å². The molecule has 0 aliphatic carbocycles. The van der Waals surface area contributed by atoms with Crippen LogP contribution in [-0.4, -0.2) is 8.42 Å². The predicted molar refractivity (Wildman–Crippen MR) is 30.8 cm³/mol. The summed E-state index contributed by atoms with van der Waals surface area (Å²) in [6, 6.07) is 0. The highest BCUT2D eigenvalue weighted by Gasteiger charge is 1.97. The Morgan fingerprint density at radius 3 is 2.14 bits per heavy atom. The highest BCUT2D eigenvalue weighted by Crippen LogP contribution is 2.07. The van der Waals surface area contributed by atoms with E-state index in [-0.39, 0.29) is 0 Å². The minimum atomic E-state index is -3.79. The van der Waals surface area contributed by atoms with Crippen molar-refractivity contribution in [3.8, 4) is 0 Å². The smallest absolute Gasteiger partial charge is 0.205 e. The second kappa shape index (κ2) is 2.78. The number of thiol groups is 1. The van der Waals surface area contributed by atoms with Crippen LogP contribution in [0.15, 0.2) is 0 Å². The predicted octanol–water partition coefficient (Wildman–Crippen LogP) is -0.300. The van der Waals surface area contributed by atoms with Gasteiger partial charge in [-0.1, -0.05) is 11.7 Å². The van der Waals surface area contributed by atoms with E-state index in [1.807, 2.05) is 0 Å². The lowest BCUT2D eigenvalue weighted by Crippen LogP contribution is -2.10. The largest absolute Gasteiger partial charge is 0.344 e. The van der Waals surface area contributed by atoms with Gasteiger partial charge < -0.3 is 0 Å². The standard InChI is InChI=1S/H3NO3S3/c1-7(2,3)4-6-5/h5H,(H2,1,2,3). The van der Waals surface area contributed by atoms with Crippen molar-refractivity contribution in [3.63, 3.8) is 0 Å². The molecule has 0 bridgehead atoms. The van der Waals surface area contributed by atoms with Gasteiger partial charge in [0, 0.05) is 0 Å². The number of rotatable bonds is 2. The molecule has 7 heavy (non-hydrogen) atoms. The van der Waals surface area contributed by atoms with E-state index in [0.717, 1.165) is 0 Å². The lowest BCUT2D eigenvalue weighted by atomic mass is 13.9. The quantitative estimate of drug-likeness (QED) is 0.331. The molecule has 0 aromatic heterocycles. The van der Waals surface area contributed by atoms with Crippen LogP contribution in [0.2, 0.25) is 0 Å². The van der Waals surface area contributed by atoms with Crippen LogP contribution in [0.1, 0.15) is 0 Å². The third-order valence-corrected chi connectivity index (χ3v) is 1.68. The maximum Gasteiger partial charge on any atom is 0.344 e. The van der Waals surface area contributed by atoms with Crippen molar-refractivity contribution >= 4 is 33.0 Å². The molecule has 0 aliphatic rings. The molecule has 0 heterocycles. The van der Waals surface area contributed by atoms with Gasteiger partial charge in [0.1, 0.15) is 0 Å². The number of nitrogens with two attached hydrogens (primary N) is 1. The van der Waals surface area contributed by atoms with Gasteiger partial charge in [-0.15, -0.1) is 0 Å². The summed E-state index contributed by atoms with van der Waals surface area (Å²) in [5.74, 6) is 0. The van der Waals surface area contributed by atoms with Crippen molar-refractivity contribution in [1.29, 1.82) is 0 Å². The molecule has 0 saturated carbocycles. The van der Waals surface area contributed by atoms with E-state index in [1.165, 1.54) is 0 Å². The van der Waals surface area contributed by atoms with Crippen molar-refractivity contribution in [2.24, 2.45) is 5.14 Å². The van der Waals surface area contributed by atoms with Crippen molar-refractivity contribution in [2.45, 2.75) is 0 Å². The van der Waals surface area contributed by atoms with Gasteiger partial charge in [-0.25, -0.2) is 5.14 Å². The molecule has 0 unspecified atom stereocenters. The monoisotopic (exact) mass is 161 g/mol. The summed E-state index contributed by atoms with van der Waals surface area (Å²) in [5, 5.41) is 4.33. The van der Waals surface area contributed by atoms with Gasteiger partial charge in [0.05, 0.1) is 11.1 Å². The summed E-state index contributed by atoms with van der Waals surface area (Å²) in [4.78, 5) is 0. The summed E-state index contributed by atoms with van der Waals surface area (Å²) in [6.45, 7) is 0. The van der Waals surface area contributed by atoms with Crippen molar-refractivity contribution in [3.05, 3.63) is 0 Å². The lowest BCUT2D eigenvalue weighted by molar-refractivity contribution is 0.523. The Kier molecular flexibility index (Phi) is 3.00. The Labute approximate surface area is 50.7 Å². The first-order valence-electron chi connectivity index (χ1n) is 1.08. The molecule has 0 aromatic carbocycles. The fourth-order valence-corrected chi connectivity index (χ4v) is 1.15. The highest BCUT2D eigenvalue weighted by molar-refractivity contribution is 8.67. The molecule has 0 aromatic rings. The van der Waals surface area contributed by atoms with Gasteiger partial charge >= 0.3 is 10.3 Å². The third-order valence-electron chi connectivity index (χ3n) is 0.125. The summed E-state index contributed by atoms with van der Waals surface area (Å²) < 4.78 is 23.2. The molecular weight excluding hydrogens is 158 g/mol. The van der Waals surface area contributed by atoms with Crippen LogP contribution < -0.4 is 5.14 Å². The third kappa shape index (κ3) is 6.57. The molecule has 0 fully saturated rings. The zero-order valence-corrected chi connectivity index (χ0v) is 5.59. The Hall–Kier alpha value is 0.570. The molecule has 44 valence electrons. The van der Waals surface area contributed by atoms with E-state index in [0.29, 0.717) is 11.1 Å². The Bertz CT molecular complexity index is 123. The molecule has 0 rings (SSSR count). The van der Waals surface area contributed by atoms with Crippen molar-refractivity contribution in [1.82, 2.24) is 0 Å². The summed E-state index contributed by atoms with van der Waals surface area (Å²) in [6.07, 6.45) is 0. The second-order valence-corrected chi connectivity index (χ2v) is 2.76. The van der Waals surface area contributed by atoms with E-state index < -0.39 is 10.3 Å². The van der Waals surface area contributed by atoms with E-state index in [2.05, 4.69) is 20.4 Å². The zero-order valence-electron chi connectivity index (χ0n) is 3.07. The first-order valence-corrected chi connectivity index (χ1v) is 4.35. The maximum atomic E-state index is 9.72. The molecule has 0 aliphatic heterocycles. The van der Waals surface area contributed by atoms with Crippen LogP contribution in [0.4, 0.5) is 0 Å². The summed E-state index contributed by atoms with van der Waals surface area (Å²) in [7, 11) is -3.79.